The molecule has 1 aromatic rings. The third-order valence-electron chi connectivity index (χ3n) is 1.26. The SMILES string of the molecule is O=S(=O)([O-])Cc1ccc(Cl)cc1. The zero-order valence-corrected chi connectivity index (χ0v) is 7.60. The second-order valence-electron chi connectivity index (χ2n) is 2.33. The Morgan fingerprint density at radius 2 is 1.75 bits per heavy atom. The average molecular weight is 206 g/mol. The lowest BCUT2D eigenvalue weighted by atomic mass is 10.2. The van der Waals surface area contributed by atoms with Gasteiger partial charge >= 0.3 is 0 Å². The van der Waals surface area contributed by atoms with Crippen molar-refractivity contribution >= 4 is 21.7 Å². The molecule has 0 radical (unpaired) electrons. The molecule has 12 heavy (non-hydrogen) atoms. The number of rotatable bonds is 2. The standard InChI is InChI=1S/C7H7ClO3S/c8-7-3-1-6(2-4-7)5-12(9,10)11/h1-4H,5H2,(H,9,10,11)/p-1. The lowest BCUT2D eigenvalue weighted by molar-refractivity contribution is 0.462. The van der Waals surface area contributed by atoms with Gasteiger partial charge in [0, 0.05) is 5.02 Å². The van der Waals surface area contributed by atoms with Gasteiger partial charge in [0.2, 0.25) is 0 Å². The van der Waals surface area contributed by atoms with E-state index in [1.54, 1.807) is 12.1 Å². The Kier molecular flexibility index (Phi) is 2.72. The van der Waals surface area contributed by atoms with E-state index in [1.165, 1.54) is 12.1 Å². The van der Waals surface area contributed by atoms with E-state index in [-0.39, 0.29) is 0 Å². The molecule has 0 aliphatic rings. The molecule has 0 unspecified atom stereocenters. The Hall–Kier alpha value is -0.580. The predicted molar refractivity (Wildman–Crippen MR) is 44.9 cm³/mol. The van der Waals surface area contributed by atoms with Gasteiger partial charge in [0.25, 0.3) is 0 Å². The van der Waals surface area contributed by atoms with Crippen molar-refractivity contribution in [2.75, 3.05) is 0 Å². The fourth-order valence-electron chi connectivity index (χ4n) is 0.785. The number of hydrogen-bond donors (Lipinski definition) is 0. The minimum absolute atomic E-state index is 0.453. The highest BCUT2D eigenvalue weighted by Gasteiger charge is 1.97. The van der Waals surface area contributed by atoms with Gasteiger partial charge in [-0.1, -0.05) is 23.7 Å². The average Bonchev–Trinajstić information content (AvgIpc) is 1.91. The molecule has 0 spiro atoms. The number of halogens is 1. The molecule has 0 saturated heterocycles. The van der Waals surface area contributed by atoms with Crippen molar-refractivity contribution in [1.82, 2.24) is 0 Å². The van der Waals surface area contributed by atoms with Crippen molar-refractivity contribution in [1.29, 1.82) is 0 Å². The first-order valence-electron chi connectivity index (χ1n) is 3.15. The topological polar surface area (TPSA) is 57.2 Å². The second kappa shape index (κ2) is 3.43. The van der Waals surface area contributed by atoms with Crippen LogP contribution in [-0.4, -0.2) is 13.0 Å². The lowest BCUT2D eigenvalue weighted by Crippen LogP contribution is -2.01. The van der Waals surface area contributed by atoms with Gasteiger partial charge < -0.3 is 4.55 Å². The Balaban J connectivity index is 2.85. The van der Waals surface area contributed by atoms with Crippen molar-refractivity contribution in [3.63, 3.8) is 0 Å². The summed E-state index contributed by atoms with van der Waals surface area (Å²) in [4.78, 5) is 0. The molecule has 0 fully saturated rings. The van der Waals surface area contributed by atoms with Crippen LogP contribution in [0.15, 0.2) is 24.3 Å². The smallest absolute Gasteiger partial charge is 0.0988 e. The van der Waals surface area contributed by atoms with Crippen molar-refractivity contribution in [3.8, 4) is 0 Å². The van der Waals surface area contributed by atoms with Crippen molar-refractivity contribution in [3.05, 3.63) is 34.9 Å². The number of hydrogen-bond acceptors (Lipinski definition) is 3. The third kappa shape index (κ3) is 3.21. The summed E-state index contributed by atoms with van der Waals surface area (Å²) in [6.07, 6.45) is 0. The van der Waals surface area contributed by atoms with Crippen molar-refractivity contribution in [2.45, 2.75) is 5.75 Å². The van der Waals surface area contributed by atoms with Crippen LogP contribution in [0, 0.1) is 0 Å². The van der Waals surface area contributed by atoms with Crippen LogP contribution in [-0.2, 0) is 15.9 Å². The van der Waals surface area contributed by atoms with Gasteiger partial charge in [-0.3, -0.25) is 0 Å². The third-order valence-corrected chi connectivity index (χ3v) is 2.20. The summed E-state index contributed by atoms with van der Waals surface area (Å²) < 4.78 is 30.9. The number of benzene rings is 1. The fourth-order valence-corrected chi connectivity index (χ4v) is 1.51. The lowest BCUT2D eigenvalue weighted by Gasteiger charge is -2.05. The van der Waals surface area contributed by atoms with E-state index in [2.05, 4.69) is 0 Å². The summed E-state index contributed by atoms with van der Waals surface area (Å²) in [6, 6.07) is 6.11. The molecule has 0 aliphatic carbocycles. The van der Waals surface area contributed by atoms with Gasteiger partial charge in [0.1, 0.15) is 0 Å². The van der Waals surface area contributed by atoms with Gasteiger partial charge in [-0.05, 0) is 17.7 Å². The zero-order chi connectivity index (χ0) is 9.19. The van der Waals surface area contributed by atoms with Crippen LogP contribution in [0.3, 0.4) is 0 Å². The summed E-state index contributed by atoms with van der Waals surface area (Å²) in [5.41, 5.74) is 0.453. The molecule has 0 amide bonds. The molecular weight excluding hydrogens is 200 g/mol. The molecule has 1 rings (SSSR count). The highest BCUT2D eigenvalue weighted by molar-refractivity contribution is 7.84. The maximum absolute atomic E-state index is 10.3. The summed E-state index contributed by atoms with van der Waals surface area (Å²) in [5, 5.41) is 0.516. The van der Waals surface area contributed by atoms with Crippen molar-refractivity contribution in [2.24, 2.45) is 0 Å². The van der Waals surface area contributed by atoms with Gasteiger partial charge in [0.15, 0.2) is 0 Å². The fraction of sp³-hybridized carbons (Fsp3) is 0.143. The quantitative estimate of drug-likeness (QED) is 0.686. The van der Waals surface area contributed by atoms with E-state index in [0.717, 1.165) is 0 Å². The highest BCUT2D eigenvalue weighted by Crippen LogP contribution is 2.11. The van der Waals surface area contributed by atoms with Crippen LogP contribution in [0.1, 0.15) is 5.56 Å². The molecule has 0 aromatic heterocycles. The normalized spacial score (nSPS) is 11.5. The molecule has 3 nitrogen and oxygen atoms in total. The van der Waals surface area contributed by atoms with E-state index in [4.69, 9.17) is 11.6 Å². The van der Waals surface area contributed by atoms with Gasteiger partial charge in [-0.2, -0.15) is 0 Å². The monoisotopic (exact) mass is 205 g/mol. The Morgan fingerprint density at radius 1 is 1.25 bits per heavy atom. The molecule has 66 valence electrons. The van der Waals surface area contributed by atoms with Crippen LogP contribution in [0.5, 0.6) is 0 Å². The minimum Gasteiger partial charge on any atom is -0.748 e. The van der Waals surface area contributed by atoms with E-state index in [1.807, 2.05) is 0 Å². The largest absolute Gasteiger partial charge is 0.748 e. The van der Waals surface area contributed by atoms with E-state index in [9.17, 15) is 13.0 Å². The van der Waals surface area contributed by atoms with E-state index >= 15 is 0 Å². The summed E-state index contributed by atoms with van der Waals surface area (Å²) in [5.74, 6) is -0.482. The molecule has 0 aliphatic heterocycles. The first-order chi connectivity index (χ1) is 5.47. The maximum atomic E-state index is 10.3. The van der Waals surface area contributed by atoms with Gasteiger partial charge in [-0.25, -0.2) is 8.42 Å². The first-order valence-corrected chi connectivity index (χ1v) is 5.11. The molecule has 0 N–H and O–H groups in total. The van der Waals surface area contributed by atoms with Crippen LogP contribution in [0.4, 0.5) is 0 Å². The molecule has 1 aromatic carbocycles. The summed E-state index contributed by atoms with van der Waals surface area (Å²) >= 11 is 5.56. The molecular formula is C7H6ClO3S-. The van der Waals surface area contributed by atoms with Gasteiger partial charge in [-0.15, -0.1) is 0 Å². The summed E-state index contributed by atoms with van der Waals surface area (Å²) in [6.45, 7) is 0. The first kappa shape index (κ1) is 9.51. The van der Waals surface area contributed by atoms with Gasteiger partial charge in [0.05, 0.1) is 15.9 Å². The zero-order valence-electron chi connectivity index (χ0n) is 6.03. The maximum Gasteiger partial charge on any atom is 0.0988 e. The van der Waals surface area contributed by atoms with Crippen LogP contribution < -0.4 is 0 Å². The summed E-state index contributed by atoms with van der Waals surface area (Å²) in [7, 11) is -4.18. The van der Waals surface area contributed by atoms with Crippen LogP contribution in [0.2, 0.25) is 5.02 Å². The Labute approximate surface area is 75.7 Å². The van der Waals surface area contributed by atoms with Crippen LogP contribution >= 0.6 is 11.6 Å². The Bertz CT molecular complexity index is 355. The Morgan fingerprint density at radius 3 is 2.17 bits per heavy atom. The molecule has 0 atom stereocenters. The van der Waals surface area contributed by atoms with Crippen LogP contribution in [0.25, 0.3) is 0 Å². The van der Waals surface area contributed by atoms with E-state index in [0.29, 0.717) is 10.6 Å². The molecule has 0 bridgehead atoms. The van der Waals surface area contributed by atoms with Crippen molar-refractivity contribution < 1.29 is 13.0 Å². The molecule has 0 heterocycles. The highest BCUT2D eigenvalue weighted by atomic mass is 35.5. The minimum atomic E-state index is -4.18. The molecule has 5 heteroatoms. The predicted octanol–water partition coefficient (Wildman–Crippen LogP) is 1.39. The second-order valence-corrected chi connectivity index (χ2v) is 4.17. The van der Waals surface area contributed by atoms with E-state index < -0.39 is 15.9 Å². The molecule has 0 saturated carbocycles.